The van der Waals surface area contributed by atoms with Crippen molar-refractivity contribution in [1.82, 2.24) is 5.32 Å². The second kappa shape index (κ2) is 8.25. The van der Waals surface area contributed by atoms with Crippen LogP contribution in [0, 0.1) is 5.92 Å². The number of carbonyl (C=O) groups excluding carboxylic acids is 2. The molecule has 0 bridgehead atoms. The van der Waals surface area contributed by atoms with Gasteiger partial charge in [0.1, 0.15) is 0 Å². The van der Waals surface area contributed by atoms with Crippen LogP contribution in [-0.4, -0.2) is 24.3 Å². The van der Waals surface area contributed by atoms with Gasteiger partial charge in [-0.2, -0.15) is 0 Å². The van der Waals surface area contributed by atoms with Crippen molar-refractivity contribution in [1.29, 1.82) is 0 Å². The minimum atomic E-state index is -0.370. The van der Waals surface area contributed by atoms with Crippen LogP contribution < -0.4 is 11.1 Å². The zero-order chi connectivity index (χ0) is 16.7. The highest BCUT2D eigenvalue weighted by molar-refractivity contribution is 5.97. The van der Waals surface area contributed by atoms with E-state index in [1.54, 1.807) is 19.1 Å². The summed E-state index contributed by atoms with van der Waals surface area (Å²) in [4.78, 5) is 23.8. The molecule has 2 atom stereocenters. The lowest BCUT2D eigenvalue weighted by molar-refractivity contribution is -0.122. The lowest BCUT2D eigenvalue weighted by Crippen LogP contribution is -2.44. The molecule has 0 spiro atoms. The van der Waals surface area contributed by atoms with Gasteiger partial charge >= 0.3 is 0 Å². The first kappa shape index (κ1) is 16.9. The molecule has 2 rings (SSSR count). The second-order valence-corrected chi connectivity index (χ2v) is 5.66. The molecule has 4 nitrogen and oxygen atoms in total. The summed E-state index contributed by atoms with van der Waals surface area (Å²) in [5.74, 6) is -0.732. The number of benzene rings is 2. The van der Waals surface area contributed by atoms with Crippen molar-refractivity contribution in [2.45, 2.75) is 19.4 Å². The Labute approximate surface area is 136 Å². The van der Waals surface area contributed by atoms with Gasteiger partial charge in [0, 0.05) is 11.6 Å². The van der Waals surface area contributed by atoms with E-state index in [0.717, 1.165) is 5.56 Å². The highest BCUT2D eigenvalue weighted by Gasteiger charge is 2.22. The van der Waals surface area contributed by atoms with Gasteiger partial charge in [-0.15, -0.1) is 0 Å². The lowest BCUT2D eigenvalue weighted by Gasteiger charge is -2.23. The van der Waals surface area contributed by atoms with Crippen molar-refractivity contribution in [3.63, 3.8) is 0 Å². The van der Waals surface area contributed by atoms with E-state index in [2.05, 4.69) is 5.32 Å². The molecular formula is C19H22N2O2. The fourth-order valence-corrected chi connectivity index (χ4v) is 2.44. The van der Waals surface area contributed by atoms with E-state index in [0.29, 0.717) is 12.0 Å². The maximum absolute atomic E-state index is 12.2. The second-order valence-electron chi connectivity index (χ2n) is 5.66. The van der Waals surface area contributed by atoms with Crippen LogP contribution in [0.1, 0.15) is 22.8 Å². The van der Waals surface area contributed by atoms with Crippen molar-refractivity contribution in [2.75, 3.05) is 6.54 Å². The van der Waals surface area contributed by atoms with Crippen LogP contribution in [0.5, 0.6) is 0 Å². The van der Waals surface area contributed by atoms with Gasteiger partial charge in [-0.3, -0.25) is 9.59 Å². The third-order valence-corrected chi connectivity index (χ3v) is 3.97. The molecule has 2 aromatic carbocycles. The summed E-state index contributed by atoms with van der Waals surface area (Å²) in [5, 5.41) is 3.20. The molecule has 0 aliphatic rings. The summed E-state index contributed by atoms with van der Waals surface area (Å²) in [6.07, 6.45) is 0.646. The number of nitrogens with one attached hydrogen (secondary N) is 1. The number of carbonyl (C=O) groups is 2. The summed E-state index contributed by atoms with van der Waals surface area (Å²) < 4.78 is 0. The van der Waals surface area contributed by atoms with E-state index in [4.69, 9.17) is 5.73 Å². The van der Waals surface area contributed by atoms with E-state index in [1.807, 2.05) is 48.5 Å². The third-order valence-electron chi connectivity index (χ3n) is 3.97. The number of Topliss-reactive ketones (excluding diaryl/α,β-unsaturated/α-hetero) is 1. The van der Waals surface area contributed by atoms with Crippen LogP contribution in [0.2, 0.25) is 0 Å². The highest BCUT2D eigenvalue weighted by atomic mass is 16.1. The quantitative estimate of drug-likeness (QED) is 0.734. The Morgan fingerprint density at radius 2 is 1.57 bits per heavy atom. The van der Waals surface area contributed by atoms with Crippen LogP contribution in [-0.2, 0) is 11.2 Å². The number of primary amides is 1. The summed E-state index contributed by atoms with van der Waals surface area (Å²) >= 11 is 0. The minimum Gasteiger partial charge on any atom is -0.369 e. The van der Waals surface area contributed by atoms with E-state index in [1.165, 1.54) is 0 Å². The predicted molar refractivity (Wildman–Crippen MR) is 91.1 cm³/mol. The Morgan fingerprint density at radius 1 is 1.00 bits per heavy atom. The molecule has 2 unspecified atom stereocenters. The molecule has 0 fully saturated rings. The first-order chi connectivity index (χ1) is 11.1. The zero-order valence-electron chi connectivity index (χ0n) is 13.2. The molecule has 3 N–H and O–H groups in total. The summed E-state index contributed by atoms with van der Waals surface area (Å²) in [5.41, 5.74) is 7.20. The Bertz CT molecular complexity index is 641. The number of nitrogens with two attached hydrogens (primary N) is 1. The maximum atomic E-state index is 12.2. The minimum absolute atomic E-state index is 0.000307. The lowest BCUT2D eigenvalue weighted by atomic mass is 9.94. The highest BCUT2D eigenvalue weighted by Crippen LogP contribution is 2.11. The van der Waals surface area contributed by atoms with Crippen molar-refractivity contribution in [3.05, 3.63) is 71.8 Å². The van der Waals surface area contributed by atoms with Crippen LogP contribution >= 0.6 is 0 Å². The average Bonchev–Trinajstić information content (AvgIpc) is 2.59. The SMILES string of the molecule is CC(C(N)=O)C(Cc1ccccc1)NCC(=O)c1ccccc1. The number of rotatable bonds is 8. The van der Waals surface area contributed by atoms with Crippen molar-refractivity contribution in [3.8, 4) is 0 Å². The molecule has 0 aliphatic carbocycles. The van der Waals surface area contributed by atoms with Gasteiger partial charge in [0.2, 0.25) is 5.91 Å². The van der Waals surface area contributed by atoms with Crippen LogP contribution in [0.15, 0.2) is 60.7 Å². The Morgan fingerprint density at radius 3 is 2.13 bits per heavy atom. The van der Waals surface area contributed by atoms with E-state index < -0.39 is 0 Å². The normalized spacial score (nSPS) is 13.3. The first-order valence-corrected chi connectivity index (χ1v) is 7.73. The number of ketones is 1. The fraction of sp³-hybridized carbons (Fsp3) is 0.263. The van der Waals surface area contributed by atoms with Gasteiger partial charge in [-0.1, -0.05) is 67.6 Å². The molecule has 0 aliphatic heterocycles. The summed E-state index contributed by atoms with van der Waals surface area (Å²) in [7, 11) is 0. The van der Waals surface area contributed by atoms with Gasteiger partial charge in [0.25, 0.3) is 0 Å². The van der Waals surface area contributed by atoms with Gasteiger partial charge < -0.3 is 11.1 Å². The molecule has 0 radical (unpaired) electrons. The Hall–Kier alpha value is -2.46. The zero-order valence-corrected chi connectivity index (χ0v) is 13.2. The van der Waals surface area contributed by atoms with Crippen LogP contribution in [0.25, 0.3) is 0 Å². The van der Waals surface area contributed by atoms with Crippen molar-refractivity contribution >= 4 is 11.7 Å². The fourth-order valence-electron chi connectivity index (χ4n) is 2.44. The third kappa shape index (κ3) is 5.04. The van der Waals surface area contributed by atoms with Gasteiger partial charge in [-0.25, -0.2) is 0 Å². The molecule has 120 valence electrons. The average molecular weight is 310 g/mol. The van der Waals surface area contributed by atoms with E-state index >= 15 is 0 Å². The molecule has 23 heavy (non-hydrogen) atoms. The smallest absolute Gasteiger partial charge is 0.221 e. The summed E-state index contributed by atoms with van der Waals surface area (Å²) in [6, 6.07) is 18.8. The van der Waals surface area contributed by atoms with Crippen molar-refractivity contribution < 1.29 is 9.59 Å². The predicted octanol–water partition coefficient (Wildman–Crippen LogP) is 2.19. The van der Waals surface area contributed by atoms with Gasteiger partial charge in [-0.05, 0) is 12.0 Å². The van der Waals surface area contributed by atoms with Gasteiger partial charge in [0.05, 0.1) is 12.5 Å². The molecule has 1 amide bonds. The maximum Gasteiger partial charge on any atom is 0.221 e. The first-order valence-electron chi connectivity index (χ1n) is 7.73. The molecule has 0 saturated carbocycles. The number of hydrogen-bond donors (Lipinski definition) is 2. The van der Waals surface area contributed by atoms with E-state index in [-0.39, 0.29) is 30.2 Å². The Balaban J connectivity index is 2.03. The standard InChI is InChI=1S/C19H22N2O2/c1-14(19(20)23)17(12-15-8-4-2-5-9-15)21-13-18(22)16-10-6-3-7-11-16/h2-11,14,17,21H,12-13H2,1H3,(H2,20,23). The number of amides is 1. The molecule has 0 heterocycles. The van der Waals surface area contributed by atoms with Crippen LogP contribution in [0.4, 0.5) is 0 Å². The van der Waals surface area contributed by atoms with Crippen molar-refractivity contribution in [2.24, 2.45) is 11.7 Å². The van der Waals surface area contributed by atoms with Crippen LogP contribution in [0.3, 0.4) is 0 Å². The van der Waals surface area contributed by atoms with Gasteiger partial charge in [0.15, 0.2) is 5.78 Å². The molecular weight excluding hydrogens is 288 g/mol. The molecule has 4 heteroatoms. The molecule has 2 aromatic rings. The summed E-state index contributed by atoms with van der Waals surface area (Å²) in [6.45, 7) is 1.97. The number of hydrogen-bond acceptors (Lipinski definition) is 3. The topological polar surface area (TPSA) is 72.2 Å². The van der Waals surface area contributed by atoms with E-state index in [9.17, 15) is 9.59 Å². The Kier molecular flexibility index (Phi) is 6.06. The molecule has 0 saturated heterocycles. The monoisotopic (exact) mass is 310 g/mol. The molecule has 0 aromatic heterocycles. The largest absolute Gasteiger partial charge is 0.369 e.